The zero-order valence-electron chi connectivity index (χ0n) is 14.9. The van der Waals surface area contributed by atoms with Gasteiger partial charge in [0.2, 0.25) is 0 Å². The van der Waals surface area contributed by atoms with E-state index in [4.69, 9.17) is 4.99 Å². The Balaban J connectivity index is 0.00000288. The first kappa shape index (κ1) is 20.7. The van der Waals surface area contributed by atoms with Gasteiger partial charge in [-0.3, -0.25) is 4.98 Å². The number of aliphatic imine (C=N–C) groups is 1. The van der Waals surface area contributed by atoms with Crippen LogP contribution in [0.1, 0.15) is 39.2 Å². The second-order valence-electron chi connectivity index (χ2n) is 5.75. The third-order valence-electron chi connectivity index (χ3n) is 4.20. The van der Waals surface area contributed by atoms with Gasteiger partial charge in [-0.2, -0.15) is 0 Å². The Morgan fingerprint density at radius 3 is 2.54 bits per heavy atom. The SMILES string of the molecule is CCNC(=NCc1ccnc2ccccc12)NCC(CC)CC.I. The number of guanidine groups is 1. The van der Waals surface area contributed by atoms with Crippen LogP contribution in [0.5, 0.6) is 0 Å². The largest absolute Gasteiger partial charge is 0.357 e. The van der Waals surface area contributed by atoms with Gasteiger partial charge in [0.1, 0.15) is 0 Å². The molecule has 0 aliphatic heterocycles. The van der Waals surface area contributed by atoms with Gasteiger partial charge in [0.15, 0.2) is 5.96 Å². The maximum absolute atomic E-state index is 4.74. The van der Waals surface area contributed by atoms with Gasteiger partial charge < -0.3 is 10.6 Å². The molecule has 0 spiro atoms. The number of nitrogens with zero attached hydrogens (tertiary/aromatic N) is 2. The highest BCUT2D eigenvalue weighted by Gasteiger charge is 2.05. The topological polar surface area (TPSA) is 49.3 Å². The Bertz CT molecular complexity index is 633. The quantitative estimate of drug-likeness (QED) is 0.383. The summed E-state index contributed by atoms with van der Waals surface area (Å²) >= 11 is 0. The first-order valence-corrected chi connectivity index (χ1v) is 8.63. The minimum atomic E-state index is 0. The highest BCUT2D eigenvalue weighted by Crippen LogP contribution is 2.16. The second-order valence-corrected chi connectivity index (χ2v) is 5.75. The van der Waals surface area contributed by atoms with Crippen LogP contribution in [-0.2, 0) is 6.54 Å². The predicted octanol–water partition coefficient (Wildman–Crippen LogP) is 4.34. The van der Waals surface area contributed by atoms with E-state index in [2.05, 4.69) is 48.5 Å². The summed E-state index contributed by atoms with van der Waals surface area (Å²) in [4.78, 5) is 9.15. The van der Waals surface area contributed by atoms with Crippen LogP contribution in [0.15, 0.2) is 41.5 Å². The smallest absolute Gasteiger partial charge is 0.191 e. The first-order valence-electron chi connectivity index (χ1n) is 8.63. The van der Waals surface area contributed by atoms with Gasteiger partial charge in [-0.05, 0) is 30.5 Å². The average molecular weight is 440 g/mol. The number of rotatable bonds is 7. The van der Waals surface area contributed by atoms with E-state index in [1.54, 1.807) is 0 Å². The van der Waals surface area contributed by atoms with Crippen LogP contribution < -0.4 is 10.6 Å². The fraction of sp³-hybridized carbons (Fsp3) is 0.474. The van der Waals surface area contributed by atoms with Crippen LogP contribution in [0.3, 0.4) is 0 Å². The molecule has 132 valence electrons. The van der Waals surface area contributed by atoms with Crippen LogP contribution in [0.4, 0.5) is 0 Å². The van der Waals surface area contributed by atoms with Crippen LogP contribution in [-0.4, -0.2) is 24.0 Å². The fourth-order valence-corrected chi connectivity index (χ4v) is 2.62. The summed E-state index contributed by atoms with van der Waals surface area (Å²) in [6.45, 7) is 9.06. The number of halogens is 1. The van der Waals surface area contributed by atoms with Crippen LogP contribution in [0, 0.1) is 5.92 Å². The molecular weight excluding hydrogens is 411 g/mol. The number of fused-ring (bicyclic) bond motifs is 1. The van der Waals surface area contributed by atoms with Crippen molar-refractivity contribution in [3.05, 3.63) is 42.1 Å². The Kier molecular flexibility index (Phi) is 9.67. The average Bonchev–Trinajstić information content (AvgIpc) is 2.60. The van der Waals surface area contributed by atoms with Crippen LogP contribution in [0.2, 0.25) is 0 Å². The number of para-hydroxylation sites is 1. The van der Waals surface area contributed by atoms with Gasteiger partial charge in [0.25, 0.3) is 0 Å². The summed E-state index contributed by atoms with van der Waals surface area (Å²) in [6.07, 6.45) is 4.24. The zero-order valence-corrected chi connectivity index (χ0v) is 17.2. The Labute approximate surface area is 162 Å². The number of hydrogen-bond acceptors (Lipinski definition) is 2. The highest BCUT2D eigenvalue weighted by molar-refractivity contribution is 14.0. The molecule has 4 nitrogen and oxygen atoms in total. The summed E-state index contributed by atoms with van der Waals surface area (Å²) in [7, 11) is 0. The molecule has 1 aromatic heterocycles. The fourth-order valence-electron chi connectivity index (χ4n) is 2.62. The maximum Gasteiger partial charge on any atom is 0.191 e. The zero-order chi connectivity index (χ0) is 16.5. The molecule has 5 heteroatoms. The van der Waals surface area contributed by atoms with Gasteiger partial charge in [-0.1, -0.05) is 44.9 Å². The van der Waals surface area contributed by atoms with Crippen molar-refractivity contribution >= 4 is 40.8 Å². The molecule has 0 atom stereocenters. The minimum absolute atomic E-state index is 0. The normalized spacial score (nSPS) is 11.4. The van der Waals surface area contributed by atoms with E-state index in [-0.39, 0.29) is 24.0 Å². The molecule has 0 bridgehead atoms. The predicted molar refractivity (Wildman–Crippen MR) is 114 cm³/mol. The van der Waals surface area contributed by atoms with Gasteiger partial charge in [0, 0.05) is 24.7 Å². The molecule has 0 amide bonds. The van der Waals surface area contributed by atoms with E-state index < -0.39 is 0 Å². The molecule has 0 saturated carbocycles. The van der Waals surface area contributed by atoms with E-state index in [0.717, 1.165) is 24.6 Å². The van der Waals surface area contributed by atoms with Crippen LogP contribution in [0.25, 0.3) is 10.9 Å². The van der Waals surface area contributed by atoms with Gasteiger partial charge in [-0.15, -0.1) is 24.0 Å². The molecule has 0 fully saturated rings. The van der Waals surface area contributed by atoms with Crippen molar-refractivity contribution in [3.63, 3.8) is 0 Å². The van der Waals surface area contributed by atoms with Crippen LogP contribution >= 0.6 is 24.0 Å². The molecular formula is C19H29IN4. The molecule has 0 aliphatic rings. The van der Waals surface area contributed by atoms with E-state index in [1.807, 2.05) is 24.4 Å². The standard InChI is InChI=1S/C19H28N4.HI/c1-4-15(5-2)13-22-19(20-6-3)23-14-16-11-12-21-18-10-8-7-9-17(16)18;/h7-12,15H,4-6,13-14H2,1-3H3,(H2,20,22,23);1H. The number of pyridine rings is 1. The highest BCUT2D eigenvalue weighted by atomic mass is 127. The van der Waals surface area contributed by atoms with Crippen molar-refractivity contribution in [1.29, 1.82) is 0 Å². The van der Waals surface area contributed by atoms with Crippen molar-refractivity contribution in [2.45, 2.75) is 40.2 Å². The van der Waals surface area contributed by atoms with Gasteiger partial charge in [0.05, 0.1) is 12.1 Å². The summed E-state index contributed by atoms with van der Waals surface area (Å²) < 4.78 is 0. The molecule has 1 heterocycles. The Morgan fingerprint density at radius 1 is 1.08 bits per heavy atom. The summed E-state index contributed by atoms with van der Waals surface area (Å²) in [5.74, 6) is 1.58. The molecule has 1 aromatic carbocycles. The molecule has 2 rings (SSSR count). The van der Waals surface area contributed by atoms with E-state index in [9.17, 15) is 0 Å². The lowest BCUT2D eigenvalue weighted by Gasteiger charge is -2.16. The third-order valence-corrected chi connectivity index (χ3v) is 4.20. The molecule has 0 unspecified atom stereocenters. The number of hydrogen-bond donors (Lipinski definition) is 2. The van der Waals surface area contributed by atoms with Gasteiger partial charge in [-0.25, -0.2) is 4.99 Å². The maximum atomic E-state index is 4.74. The monoisotopic (exact) mass is 440 g/mol. The number of aromatic nitrogens is 1. The van der Waals surface area contributed by atoms with Crippen molar-refractivity contribution in [2.24, 2.45) is 10.9 Å². The summed E-state index contributed by atoms with van der Waals surface area (Å²) in [5.41, 5.74) is 2.23. The second kappa shape index (κ2) is 11.2. The Morgan fingerprint density at radius 2 is 1.83 bits per heavy atom. The van der Waals surface area contributed by atoms with Crippen molar-refractivity contribution in [3.8, 4) is 0 Å². The van der Waals surface area contributed by atoms with E-state index in [1.165, 1.54) is 23.8 Å². The van der Waals surface area contributed by atoms with Gasteiger partial charge >= 0.3 is 0 Å². The van der Waals surface area contributed by atoms with Crippen molar-refractivity contribution in [2.75, 3.05) is 13.1 Å². The molecule has 24 heavy (non-hydrogen) atoms. The third kappa shape index (κ3) is 5.92. The summed E-state index contributed by atoms with van der Waals surface area (Å²) in [6, 6.07) is 10.3. The number of benzene rings is 1. The van der Waals surface area contributed by atoms with E-state index >= 15 is 0 Å². The molecule has 2 aromatic rings. The lowest BCUT2D eigenvalue weighted by molar-refractivity contribution is 0.481. The lowest BCUT2D eigenvalue weighted by Crippen LogP contribution is -2.39. The van der Waals surface area contributed by atoms with E-state index in [0.29, 0.717) is 12.5 Å². The number of nitrogens with one attached hydrogen (secondary N) is 2. The molecule has 2 N–H and O–H groups in total. The van der Waals surface area contributed by atoms with Crippen molar-refractivity contribution < 1.29 is 0 Å². The Hall–Kier alpha value is -1.37. The molecule has 0 aliphatic carbocycles. The molecule has 0 saturated heterocycles. The first-order chi connectivity index (χ1) is 11.3. The van der Waals surface area contributed by atoms with Crippen molar-refractivity contribution in [1.82, 2.24) is 15.6 Å². The minimum Gasteiger partial charge on any atom is -0.357 e. The molecule has 0 radical (unpaired) electrons. The lowest BCUT2D eigenvalue weighted by atomic mass is 10.0. The summed E-state index contributed by atoms with van der Waals surface area (Å²) in [5, 5.41) is 7.97.